The van der Waals surface area contributed by atoms with Crippen LogP contribution in [0, 0.1) is 12.8 Å². The summed E-state index contributed by atoms with van der Waals surface area (Å²) in [6.45, 7) is 8.25. The van der Waals surface area contributed by atoms with E-state index in [0.29, 0.717) is 11.8 Å². The van der Waals surface area contributed by atoms with Gasteiger partial charge in [0.1, 0.15) is 0 Å². The number of nitrogens with zero attached hydrogens (tertiary/aromatic N) is 4. The predicted molar refractivity (Wildman–Crippen MR) is 109 cm³/mol. The van der Waals surface area contributed by atoms with Crippen molar-refractivity contribution in [2.45, 2.75) is 51.4 Å². The van der Waals surface area contributed by atoms with Crippen LogP contribution in [0.2, 0.25) is 0 Å². The van der Waals surface area contributed by atoms with Crippen molar-refractivity contribution < 1.29 is 4.79 Å². The molecule has 0 aromatic carbocycles. The van der Waals surface area contributed by atoms with Gasteiger partial charge in [0.25, 0.3) is 0 Å². The number of carbonyl (C=O) groups excluding carboxylic acids is 1. The fraction of sp³-hybridized carbons (Fsp3) is 0.727. The van der Waals surface area contributed by atoms with Crippen LogP contribution in [0.5, 0.6) is 0 Å². The molecule has 0 spiro atoms. The lowest BCUT2D eigenvalue weighted by atomic mass is 9.88. The number of piperazine rings is 1. The van der Waals surface area contributed by atoms with E-state index in [-0.39, 0.29) is 5.92 Å². The van der Waals surface area contributed by atoms with E-state index < -0.39 is 0 Å². The van der Waals surface area contributed by atoms with Crippen molar-refractivity contribution >= 4 is 11.6 Å². The first-order valence-electron chi connectivity index (χ1n) is 10.8. The average molecular weight is 371 g/mol. The van der Waals surface area contributed by atoms with Gasteiger partial charge in [0.05, 0.1) is 0 Å². The number of hydrogen-bond donors (Lipinski definition) is 0. The Morgan fingerprint density at radius 1 is 1.00 bits per heavy atom. The summed E-state index contributed by atoms with van der Waals surface area (Å²) in [6, 6.07) is 4.51. The first-order valence-corrected chi connectivity index (χ1v) is 10.8. The van der Waals surface area contributed by atoms with Crippen LogP contribution in [-0.4, -0.2) is 67.0 Å². The largest absolute Gasteiger partial charge is 0.369 e. The molecule has 148 valence electrons. The first-order chi connectivity index (χ1) is 13.1. The van der Waals surface area contributed by atoms with Crippen LogP contribution < -0.4 is 4.90 Å². The van der Waals surface area contributed by atoms with Crippen molar-refractivity contribution in [3.05, 3.63) is 23.5 Å². The van der Waals surface area contributed by atoms with Gasteiger partial charge in [-0.05, 0) is 45.4 Å². The normalized spacial score (nSPS) is 25.2. The molecule has 1 amide bonds. The Balaban J connectivity index is 1.43. The van der Waals surface area contributed by atoms with Crippen LogP contribution >= 0.6 is 0 Å². The molecule has 2 saturated heterocycles. The molecule has 1 aliphatic carbocycles. The predicted octanol–water partition coefficient (Wildman–Crippen LogP) is 3.04. The van der Waals surface area contributed by atoms with E-state index in [1.165, 1.54) is 30.6 Å². The van der Waals surface area contributed by atoms with Crippen molar-refractivity contribution in [3.63, 3.8) is 0 Å². The maximum atomic E-state index is 12.9. The molecule has 0 bridgehead atoms. The van der Waals surface area contributed by atoms with E-state index in [2.05, 4.69) is 40.8 Å². The van der Waals surface area contributed by atoms with Crippen LogP contribution in [0.15, 0.2) is 12.1 Å². The van der Waals surface area contributed by atoms with Gasteiger partial charge in [0.2, 0.25) is 5.91 Å². The lowest BCUT2D eigenvalue weighted by Gasteiger charge is -2.34. The quantitative estimate of drug-likeness (QED) is 0.820. The molecule has 1 aromatic heterocycles. The Labute approximate surface area is 163 Å². The van der Waals surface area contributed by atoms with Gasteiger partial charge in [-0.25, -0.2) is 0 Å². The number of pyridine rings is 1. The van der Waals surface area contributed by atoms with Gasteiger partial charge in [-0.15, -0.1) is 0 Å². The maximum Gasteiger partial charge on any atom is 0.225 e. The highest BCUT2D eigenvalue weighted by Gasteiger charge is 2.33. The summed E-state index contributed by atoms with van der Waals surface area (Å²) in [4.78, 5) is 24.7. The minimum absolute atomic E-state index is 0.281. The van der Waals surface area contributed by atoms with E-state index in [0.717, 1.165) is 64.2 Å². The Morgan fingerprint density at radius 2 is 1.74 bits per heavy atom. The van der Waals surface area contributed by atoms with Crippen molar-refractivity contribution in [1.82, 2.24) is 14.8 Å². The minimum atomic E-state index is 0.281. The number of rotatable bonds is 3. The molecule has 4 rings (SSSR count). The van der Waals surface area contributed by atoms with E-state index in [9.17, 15) is 4.79 Å². The Bertz CT molecular complexity index is 662. The number of carbonyl (C=O) groups is 1. The SMILES string of the molecule is Cc1cc(N2CCN(C)CC2)cc(C2CCN(C(=O)C3CCCCC3)C2)n1. The van der Waals surface area contributed by atoms with E-state index in [1.807, 2.05) is 0 Å². The highest BCUT2D eigenvalue weighted by molar-refractivity contribution is 5.79. The number of likely N-dealkylation sites (tertiary alicyclic amines) is 1. The molecule has 1 atom stereocenters. The van der Waals surface area contributed by atoms with Gasteiger partial charge in [0, 0.05) is 68.2 Å². The van der Waals surface area contributed by atoms with Gasteiger partial charge < -0.3 is 14.7 Å². The second-order valence-electron chi connectivity index (χ2n) is 8.79. The molecule has 0 N–H and O–H groups in total. The molecule has 27 heavy (non-hydrogen) atoms. The van der Waals surface area contributed by atoms with Gasteiger partial charge in [0.15, 0.2) is 0 Å². The summed E-state index contributed by atoms with van der Waals surface area (Å²) < 4.78 is 0. The van der Waals surface area contributed by atoms with Gasteiger partial charge in [-0.1, -0.05) is 19.3 Å². The van der Waals surface area contributed by atoms with Crippen LogP contribution in [0.4, 0.5) is 5.69 Å². The number of anilines is 1. The number of hydrogen-bond acceptors (Lipinski definition) is 4. The standard InChI is InChI=1S/C22H34N4O/c1-17-14-20(25-12-10-24(2)11-13-25)15-21(23-17)19-8-9-26(16-19)22(27)18-6-4-3-5-7-18/h14-15,18-19H,3-13,16H2,1-2H3. The maximum absolute atomic E-state index is 12.9. The third-order valence-electron chi connectivity index (χ3n) is 6.70. The summed E-state index contributed by atoms with van der Waals surface area (Å²) in [5, 5.41) is 0. The van der Waals surface area contributed by atoms with Crippen LogP contribution in [0.1, 0.15) is 55.8 Å². The molecule has 5 heteroatoms. The van der Waals surface area contributed by atoms with Gasteiger partial charge >= 0.3 is 0 Å². The molecule has 2 aliphatic heterocycles. The van der Waals surface area contributed by atoms with Crippen molar-refractivity contribution in [1.29, 1.82) is 0 Å². The molecule has 3 fully saturated rings. The zero-order valence-corrected chi connectivity index (χ0v) is 17.0. The lowest BCUT2D eigenvalue weighted by molar-refractivity contribution is -0.135. The Kier molecular flexibility index (Phi) is 5.67. The number of amides is 1. The summed E-state index contributed by atoms with van der Waals surface area (Å²) in [6.07, 6.45) is 6.99. The monoisotopic (exact) mass is 370 g/mol. The highest BCUT2D eigenvalue weighted by Crippen LogP contribution is 2.32. The number of likely N-dealkylation sites (N-methyl/N-ethyl adjacent to an activating group) is 1. The lowest BCUT2D eigenvalue weighted by Crippen LogP contribution is -2.44. The van der Waals surface area contributed by atoms with Crippen molar-refractivity contribution in [2.24, 2.45) is 5.92 Å². The fourth-order valence-corrected chi connectivity index (χ4v) is 4.94. The molecule has 5 nitrogen and oxygen atoms in total. The number of aryl methyl sites for hydroxylation is 1. The highest BCUT2D eigenvalue weighted by atomic mass is 16.2. The molecule has 1 aromatic rings. The van der Waals surface area contributed by atoms with E-state index >= 15 is 0 Å². The topological polar surface area (TPSA) is 39.7 Å². The smallest absolute Gasteiger partial charge is 0.225 e. The van der Waals surface area contributed by atoms with Crippen molar-refractivity contribution in [3.8, 4) is 0 Å². The molecule has 0 radical (unpaired) electrons. The van der Waals surface area contributed by atoms with Crippen LogP contribution in [-0.2, 0) is 4.79 Å². The molecule has 1 unspecified atom stereocenters. The van der Waals surface area contributed by atoms with Crippen LogP contribution in [0.25, 0.3) is 0 Å². The zero-order chi connectivity index (χ0) is 18.8. The second kappa shape index (κ2) is 8.17. The molecule has 1 saturated carbocycles. The third-order valence-corrected chi connectivity index (χ3v) is 6.70. The molecule has 3 heterocycles. The Morgan fingerprint density at radius 3 is 2.48 bits per heavy atom. The van der Waals surface area contributed by atoms with E-state index in [1.54, 1.807) is 0 Å². The fourth-order valence-electron chi connectivity index (χ4n) is 4.94. The number of aromatic nitrogens is 1. The summed E-state index contributed by atoms with van der Waals surface area (Å²) in [5.41, 5.74) is 3.59. The minimum Gasteiger partial charge on any atom is -0.369 e. The molecule has 3 aliphatic rings. The van der Waals surface area contributed by atoms with Crippen molar-refractivity contribution in [2.75, 3.05) is 51.2 Å². The van der Waals surface area contributed by atoms with Gasteiger partial charge in [-0.2, -0.15) is 0 Å². The summed E-state index contributed by atoms with van der Waals surface area (Å²) in [7, 11) is 2.19. The summed E-state index contributed by atoms with van der Waals surface area (Å²) >= 11 is 0. The molecular weight excluding hydrogens is 336 g/mol. The third kappa shape index (κ3) is 4.29. The van der Waals surface area contributed by atoms with E-state index in [4.69, 9.17) is 4.98 Å². The van der Waals surface area contributed by atoms with Gasteiger partial charge in [-0.3, -0.25) is 9.78 Å². The average Bonchev–Trinajstić information content (AvgIpc) is 3.18. The first kappa shape index (κ1) is 18.7. The zero-order valence-electron chi connectivity index (χ0n) is 17.0. The Hall–Kier alpha value is -1.62. The second-order valence-corrected chi connectivity index (χ2v) is 8.79. The molecular formula is C22H34N4O. The summed E-state index contributed by atoms with van der Waals surface area (Å²) in [5.74, 6) is 1.08. The van der Waals surface area contributed by atoms with Crippen LogP contribution in [0.3, 0.4) is 0 Å².